The summed E-state index contributed by atoms with van der Waals surface area (Å²) in [7, 11) is 1.28. The first-order chi connectivity index (χ1) is 7.47. The lowest BCUT2D eigenvalue weighted by Gasteiger charge is -2.15. The lowest BCUT2D eigenvalue weighted by Crippen LogP contribution is -2.29. The van der Waals surface area contributed by atoms with Crippen molar-refractivity contribution in [2.24, 2.45) is 11.8 Å². The number of ketones is 1. The van der Waals surface area contributed by atoms with E-state index in [4.69, 9.17) is 4.42 Å². The van der Waals surface area contributed by atoms with Crippen LogP contribution in [0, 0.1) is 18.8 Å². The SMILES string of the molecule is COC(=O)C(C(=O)c1ccc(C)o1)C(C)C. The standard InChI is InChI=1S/C12H16O4/c1-7(2)10(12(14)15-4)11(13)9-6-5-8(3)16-9/h5-7,10H,1-4H3. The molecule has 0 fully saturated rings. The summed E-state index contributed by atoms with van der Waals surface area (Å²) in [6.45, 7) is 5.35. The Kier molecular flexibility index (Phi) is 3.88. The van der Waals surface area contributed by atoms with Gasteiger partial charge >= 0.3 is 5.97 Å². The molecule has 88 valence electrons. The van der Waals surface area contributed by atoms with Gasteiger partial charge in [-0.2, -0.15) is 0 Å². The van der Waals surface area contributed by atoms with Crippen molar-refractivity contribution in [1.82, 2.24) is 0 Å². The van der Waals surface area contributed by atoms with Crippen LogP contribution >= 0.6 is 0 Å². The van der Waals surface area contributed by atoms with Gasteiger partial charge < -0.3 is 9.15 Å². The fraction of sp³-hybridized carbons (Fsp3) is 0.500. The lowest BCUT2D eigenvalue weighted by atomic mass is 9.90. The van der Waals surface area contributed by atoms with Gasteiger partial charge in [-0.25, -0.2) is 0 Å². The Labute approximate surface area is 94.6 Å². The van der Waals surface area contributed by atoms with E-state index in [0.29, 0.717) is 5.76 Å². The molecule has 0 aliphatic rings. The van der Waals surface area contributed by atoms with Gasteiger partial charge in [0, 0.05) is 0 Å². The number of Topliss-reactive ketones (excluding diaryl/α,β-unsaturated/α-hetero) is 1. The number of furan rings is 1. The molecule has 1 atom stereocenters. The molecule has 16 heavy (non-hydrogen) atoms. The van der Waals surface area contributed by atoms with Crippen molar-refractivity contribution in [3.05, 3.63) is 23.7 Å². The van der Waals surface area contributed by atoms with Crippen molar-refractivity contribution in [1.29, 1.82) is 0 Å². The molecule has 0 aromatic carbocycles. The van der Waals surface area contributed by atoms with Crippen LogP contribution in [-0.2, 0) is 9.53 Å². The van der Waals surface area contributed by atoms with Gasteiger partial charge in [0.05, 0.1) is 7.11 Å². The summed E-state index contributed by atoms with van der Waals surface area (Å²) >= 11 is 0. The van der Waals surface area contributed by atoms with Gasteiger partial charge in [0.15, 0.2) is 5.76 Å². The van der Waals surface area contributed by atoms with E-state index in [0.717, 1.165) is 0 Å². The van der Waals surface area contributed by atoms with Crippen LogP contribution in [0.15, 0.2) is 16.5 Å². The van der Waals surface area contributed by atoms with Gasteiger partial charge in [0.2, 0.25) is 5.78 Å². The van der Waals surface area contributed by atoms with E-state index >= 15 is 0 Å². The quantitative estimate of drug-likeness (QED) is 0.447. The van der Waals surface area contributed by atoms with Crippen LogP contribution in [0.1, 0.15) is 30.2 Å². The molecule has 4 nitrogen and oxygen atoms in total. The minimum atomic E-state index is -0.796. The molecule has 0 aliphatic carbocycles. The Morgan fingerprint density at radius 1 is 1.31 bits per heavy atom. The molecule has 0 saturated heterocycles. The van der Waals surface area contributed by atoms with Gasteiger partial charge in [0.1, 0.15) is 11.7 Å². The maximum absolute atomic E-state index is 12.0. The number of carbonyl (C=O) groups excluding carboxylic acids is 2. The molecule has 4 heteroatoms. The maximum Gasteiger partial charge on any atom is 0.316 e. The summed E-state index contributed by atoms with van der Waals surface area (Å²) in [5.74, 6) is -0.901. The number of carbonyl (C=O) groups is 2. The zero-order chi connectivity index (χ0) is 12.3. The largest absolute Gasteiger partial charge is 0.468 e. The number of hydrogen-bond donors (Lipinski definition) is 0. The second-order valence-electron chi connectivity index (χ2n) is 4.02. The zero-order valence-corrected chi connectivity index (χ0v) is 9.94. The van der Waals surface area contributed by atoms with E-state index < -0.39 is 11.9 Å². The number of methoxy groups -OCH3 is 1. The predicted octanol–water partition coefficient (Wildman–Crippen LogP) is 2.22. The molecule has 0 aliphatic heterocycles. The Morgan fingerprint density at radius 2 is 1.94 bits per heavy atom. The monoisotopic (exact) mass is 224 g/mol. The van der Waals surface area contributed by atoms with Crippen LogP contribution in [0.4, 0.5) is 0 Å². The molecule has 0 radical (unpaired) electrons. The number of rotatable bonds is 4. The molecule has 0 amide bonds. The molecule has 0 N–H and O–H groups in total. The summed E-state index contributed by atoms with van der Waals surface area (Å²) in [6, 6.07) is 3.28. The van der Waals surface area contributed by atoms with Crippen LogP contribution in [0.2, 0.25) is 0 Å². The number of hydrogen-bond acceptors (Lipinski definition) is 4. The number of esters is 1. The average Bonchev–Trinajstić information content (AvgIpc) is 2.64. The summed E-state index contributed by atoms with van der Waals surface area (Å²) in [4.78, 5) is 23.5. The van der Waals surface area contributed by atoms with Crippen molar-refractivity contribution in [3.8, 4) is 0 Å². The maximum atomic E-state index is 12.0. The van der Waals surface area contributed by atoms with Crippen molar-refractivity contribution in [3.63, 3.8) is 0 Å². The van der Waals surface area contributed by atoms with Crippen molar-refractivity contribution in [2.45, 2.75) is 20.8 Å². The number of aryl methyl sites for hydroxylation is 1. The summed E-state index contributed by atoms with van der Waals surface area (Å²) in [5.41, 5.74) is 0. The third kappa shape index (κ3) is 2.51. The first-order valence-electron chi connectivity index (χ1n) is 5.15. The summed E-state index contributed by atoms with van der Waals surface area (Å²) in [5, 5.41) is 0. The molecule has 1 unspecified atom stereocenters. The fourth-order valence-corrected chi connectivity index (χ4v) is 1.53. The van der Waals surface area contributed by atoms with Crippen molar-refractivity contribution < 1.29 is 18.7 Å². The lowest BCUT2D eigenvalue weighted by molar-refractivity contribution is -0.144. The van der Waals surface area contributed by atoms with E-state index in [2.05, 4.69) is 4.74 Å². The molecule has 0 bridgehead atoms. The Hall–Kier alpha value is -1.58. The fourth-order valence-electron chi connectivity index (χ4n) is 1.53. The van der Waals surface area contributed by atoms with Crippen LogP contribution in [-0.4, -0.2) is 18.9 Å². The Morgan fingerprint density at radius 3 is 2.31 bits per heavy atom. The van der Waals surface area contributed by atoms with Crippen LogP contribution < -0.4 is 0 Å². The predicted molar refractivity (Wildman–Crippen MR) is 58.1 cm³/mol. The molecule has 1 rings (SSSR count). The van der Waals surface area contributed by atoms with E-state index in [1.807, 2.05) is 0 Å². The summed E-state index contributed by atoms with van der Waals surface area (Å²) < 4.78 is 9.84. The van der Waals surface area contributed by atoms with Crippen molar-refractivity contribution in [2.75, 3.05) is 7.11 Å². The third-order valence-corrected chi connectivity index (χ3v) is 2.39. The highest BCUT2D eigenvalue weighted by molar-refractivity contribution is 6.07. The van der Waals surface area contributed by atoms with E-state index in [1.54, 1.807) is 32.9 Å². The van der Waals surface area contributed by atoms with Gasteiger partial charge in [-0.05, 0) is 25.0 Å². The Balaban J connectivity index is 2.96. The van der Waals surface area contributed by atoms with Crippen LogP contribution in [0.5, 0.6) is 0 Å². The smallest absolute Gasteiger partial charge is 0.316 e. The van der Waals surface area contributed by atoms with E-state index in [9.17, 15) is 9.59 Å². The molecule has 0 spiro atoms. The van der Waals surface area contributed by atoms with E-state index in [-0.39, 0.29) is 17.5 Å². The number of ether oxygens (including phenoxy) is 1. The highest BCUT2D eigenvalue weighted by Gasteiger charge is 2.33. The Bertz CT molecular complexity index is 389. The zero-order valence-electron chi connectivity index (χ0n) is 9.94. The van der Waals surface area contributed by atoms with Crippen LogP contribution in [0.25, 0.3) is 0 Å². The van der Waals surface area contributed by atoms with Gasteiger partial charge in [-0.1, -0.05) is 13.8 Å². The first kappa shape index (κ1) is 12.5. The van der Waals surface area contributed by atoms with Crippen LogP contribution in [0.3, 0.4) is 0 Å². The topological polar surface area (TPSA) is 56.5 Å². The third-order valence-electron chi connectivity index (χ3n) is 2.39. The van der Waals surface area contributed by atoms with Gasteiger partial charge in [-0.15, -0.1) is 0 Å². The van der Waals surface area contributed by atoms with Crippen molar-refractivity contribution >= 4 is 11.8 Å². The average molecular weight is 224 g/mol. The molecule has 1 heterocycles. The second-order valence-corrected chi connectivity index (χ2v) is 4.02. The molecular weight excluding hydrogens is 208 g/mol. The van der Waals surface area contributed by atoms with Gasteiger partial charge in [-0.3, -0.25) is 9.59 Å². The molecule has 1 aromatic heterocycles. The minimum absolute atomic E-state index is 0.120. The second kappa shape index (κ2) is 4.96. The molecular formula is C12H16O4. The summed E-state index contributed by atoms with van der Waals surface area (Å²) in [6.07, 6.45) is 0. The normalized spacial score (nSPS) is 12.6. The highest BCUT2D eigenvalue weighted by Crippen LogP contribution is 2.20. The minimum Gasteiger partial charge on any atom is -0.468 e. The first-order valence-corrected chi connectivity index (χ1v) is 5.15. The molecule has 1 aromatic rings. The van der Waals surface area contributed by atoms with Gasteiger partial charge in [0.25, 0.3) is 0 Å². The highest BCUT2D eigenvalue weighted by atomic mass is 16.5. The molecule has 0 saturated carbocycles. The van der Waals surface area contributed by atoms with E-state index in [1.165, 1.54) is 7.11 Å².